The van der Waals surface area contributed by atoms with Crippen LogP contribution in [0.15, 0.2) is 36.7 Å². The van der Waals surface area contributed by atoms with Crippen molar-refractivity contribution in [3.8, 4) is 11.4 Å². The van der Waals surface area contributed by atoms with E-state index in [1.165, 1.54) is 12.3 Å². The van der Waals surface area contributed by atoms with Crippen molar-refractivity contribution < 1.29 is 13.9 Å². The minimum atomic E-state index is -0.586. The molecule has 6 nitrogen and oxygen atoms in total. The Kier molecular flexibility index (Phi) is 4.01. The van der Waals surface area contributed by atoms with Crippen molar-refractivity contribution in [2.45, 2.75) is 32.8 Å². The van der Waals surface area contributed by atoms with Crippen LogP contribution in [-0.2, 0) is 16.0 Å². The third-order valence-electron chi connectivity index (χ3n) is 3.16. The van der Waals surface area contributed by atoms with Gasteiger partial charge in [-0.05, 0) is 44.5 Å². The summed E-state index contributed by atoms with van der Waals surface area (Å²) in [5.41, 5.74) is 1.37. The summed E-state index contributed by atoms with van der Waals surface area (Å²) < 4.78 is 20.1. The molecule has 124 valence electrons. The second kappa shape index (κ2) is 5.99. The topological polar surface area (TPSA) is 69.4 Å². The number of nitrogens with zero attached hydrogens (tertiary/aromatic N) is 4. The average molecular weight is 328 g/mol. The third-order valence-corrected chi connectivity index (χ3v) is 3.16. The Balaban J connectivity index is 1.85. The molecule has 0 saturated carbocycles. The molecule has 0 amide bonds. The summed E-state index contributed by atoms with van der Waals surface area (Å²) in [6.45, 7) is 5.48. The van der Waals surface area contributed by atoms with Crippen LogP contribution in [0.5, 0.6) is 0 Å². The van der Waals surface area contributed by atoms with Crippen molar-refractivity contribution in [1.82, 2.24) is 19.6 Å². The SMILES string of the molecule is CC(C)(C)OC(=O)Cc1ccn2nc(-c3ccnc(F)c3)nc2c1. The van der Waals surface area contributed by atoms with E-state index in [1.54, 1.807) is 28.9 Å². The Morgan fingerprint density at radius 3 is 2.79 bits per heavy atom. The molecule has 3 heterocycles. The molecule has 0 bridgehead atoms. The highest BCUT2D eigenvalue weighted by Gasteiger charge is 2.17. The van der Waals surface area contributed by atoms with Crippen molar-refractivity contribution in [3.63, 3.8) is 0 Å². The van der Waals surface area contributed by atoms with E-state index in [0.29, 0.717) is 17.0 Å². The molecule has 0 saturated heterocycles. The summed E-state index contributed by atoms with van der Waals surface area (Å²) in [5.74, 6) is -0.495. The van der Waals surface area contributed by atoms with E-state index in [1.807, 2.05) is 20.8 Å². The molecule has 3 aromatic heterocycles. The van der Waals surface area contributed by atoms with Crippen molar-refractivity contribution in [1.29, 1.82) is 0 Å². The molecule has 0 aliphatic rings. The fourth-order valence-corrected chi connectivity index (χ4v) is 2.24. The van der Waals surface area contributed by atoms with Gasteiger partial charge < -0.3 is 4.74 Å². The average Bonchev–Trinajstić information content (AvgIpc) is 2.88. The number of hydrogen-bond acceptors (Lipinski definition) is 5. The lowest BCUT2D eigenvalue weighted by Crippen LogP contribution is -2.24. The van der Waals surface area contributed by atoms with Crippen LogP contribution < -0.4 is 0 Å². The minimum Gasteiger partial charge on any atom is -0.460 e. The Labute approximate surface area is 138 Å². The van der Waals surface area contributed by atoms with Gasteiger partial charge in [0.15, 0.2) is 11.5 Å². The molecule has 0 atom stereocenters. The van der Waals surface area contributed by atoms with Gasteiger partial charge >= 0.3 is 5.97 Å². The number of fused-ring (bicyclic) bond motifs is 1. The molecular weight excluding hydrogens is 311 g/mol. The monoisotopic (exact) mass is 328 g/mol. The molecule has 0 aromatic carbocycles. The zero-order chi connectivity index (χ0) is 17.3. The van der Waals surface area contributed by atoms with E-state index < -0.39 is 11.5 Å². The second-order valence-corrected chi connectivity index (χ2v) is 6.40. The minimum absolute atomic E-state index is 0.153. The first-order valence-corrected chi connectivity index (χ1v) is 7.49. The summed E-state index contributed by atoms with van der Waals surface area (Å²) in [5, 5.41) is 4.30. The number of hydrogen-bond donors (Lipinski definition) is 0. The van der Waals surface area contributed by atoms with E-state index in [4.69, 9.17) is 4.74 Å². The molecule has 24 heavy (non-hydrogen) atoms. The van der Waals surface area contributed by atoms with E-state index in [2.05, 4.69) is 15.1 Å². The van der Waals surface area contributed by atoms with Gasteiger partial charge in [0.25, 0.3) is 0 Å². The van der Waals surface area contributed by atoms with E-state index in [9.17, 15) is 9.18 Å². The number of esters is 1. The molecule has 0 fully saturated rings. The van der Waals surface area contributed by atoms with Gasteiger partial charge in [-0.1, -0.05) is 0 Å². The normalized spacial score (nSPS) is 11.7. The lowest BCUT2D eigenvalue weighted by molar-refractivity contribution is -0.153. The maximum Gasteiger partial charge on any atom is 0.310 e. The number of carbonyl (C=O) groups excluding carboxylic acids is 1. The van der Waals surface area contributed by atoms with Crippen LogP contribution in [0.1, 0.15) is 26.3 Å². The first-order chi connectivity index (χ1) is 11.3. The molecule has 0 spiro atoms. The standard InChI is InChI=1S/C17H17FN4O2/c1-17(2,3)24-15(23)9-11-5-7-22-14(8-11)20-16(21-22)12-4-6-19-13(18)10-12/h4-8,10H,9H2,1-3H3. The van der Waals surface area contributed by atoms with Gasteiger partial charge in [0.1, 0.15) is 5.60 Å². The highest BCUT2D eigenvalue weighted by atomic mass is 19.1. The highest BCUT2D eigenvalue weighted by molar-refractivity contribution is 5.73. The molecule has 0 aliphatic heterocycles. The van der Waals surface area contributed by atoms with Crippen LogP contribution in [0.2, 0.25) is 0 Å². The third kappa shape index (κ3) is 3.73. The molecule has 0 unspecified atom stereocenters. The smallest absolute Gasteiger partial charge is 0.310 e. The van der Waals surface area contributed by atoms with Crippen LogP contribution in [0, 0.1) is 5.95 Å². The molecule has 3 aromatic rings. The van der Waals surface area contributed by atoms with Gasteiger partial charge in [-0.15, -0.1) is 5.10 Å². The highest BCUT2D eigenvalue weighted by Crippen LogP contribution is 2.17. The van der Waals surface area contributed by atoms with Gasteiger partial charge in [-0.2, -0.15) is 4.39 Å². The van der Waals surface area contributed by atoms with Crippen LogP contribution in [-0.4, -0.2) is 31.2 Å². The van der Waals surface area contributed by atoms with E-state index in [-0.39, 0.29) is 12.4 Å². The van der Waals surface area contributed by atoms with E-state index in [0.717, 1.165) is 5.56 Å². The molecular formula is C17H17FN4O2. The molecule has 7 heteroatoms. The van der Waals surface area contributed by atoms with Crippen LogP contribution in [0.25, 0.3) is 17.0 Å². The first kappa shape index (κ1) is 16.0. The van der Waals surface area contributed by atoms with Crippen LogP contribution in [0.4, 0.5) is 4.39 Å². The van der Waals surface area contributed by atoms with Gasteiger partial charge in [0, 0.05) is 24.0 Å². The predicted molar refractivity (Wildman–Crippen MR) is 85.7 cm³/mol. The quantitative estimate of drug-likeness (QED) is 0.546. The summed E-state index contributed by atoms with van der Waals surface area (Å²) in [7, 11) is 0. The Morgan fingerprint density at radius 1 is 1.29 bits per heavy atom. The van der Waals surface area contributed by atoms with Gasteiger partial charge in [0.05, 0.1) is 6.42 Å². The van der Waals surface area contributed by atoms with Crippen LogP contribution in [0.3, 0.4) is 0 Å². The maximum absolute atomic E-state index is 13.2. The fourth-order valence-electron chi connectivity index (χ4n) is 2.24. The number of halogens is 1. The number of ether oxygens (including phenoxy) is 1. The summed E-state index contributed by atoms with van der Waals surface area (Å²) in [6, 6.07) is 6.45. The van der Waals surface area contributed by atoms with E-state index >= 15 is 0 Å². The number of rotatable bonds is 3. The summed E-state index contributed by atoms with van der Waals surface area (Å²) in [6.07, 6.45) is 3.23. The summed E-state index contributed by atoms with van der Waals surface area (Å²) in [4.78, 5) is 19.8. The van der Waals surface area contributed by atoms with Gasteiger partial charge in [-0.25, -0.2) is 14.5 Å². The zero-order valence-corrected chi connectivity index (χ0v) is 13.7. The Morgan fingerprint density at radius 2 is 2.08 bits per heavy atom. The molecule has 0 radical (unpaired) electrons. The van der Waals surface area contributed by atoms with Gasteiger partial charge in [-0.3, -0.25) is 4.79 Å². The van der Waals surface area contributed by atoms with Gasteiger partial charge in [0.2, 0.25) is 5.95 Å². The van der Waals surface area contributed by atoms with Crippen LogP contribution >= 0.6 is 0 Å². The lowest BCUT2D eigenvalue weighted by atomic mass is 10.1. The van der Waals surface area contributed by atoms with Crippen molar-refractivity contribution in [3.05, 3.63) is 48.2 Å². The number of carbonyl (C=O) groups is 1. The Bertz CT molecular complexity index is 899. The molecule has 0 N–H and O–H groups in total. The molecule has 0 aliphatic carbocycles. The first-order valence-electron chi connectivity index (χ1n) is 7.49. The predicted octanol–water partition coefficient (Wildman–Crippen LogP) is 2.81. The summed E-state index contributed by atoms with van der Waals surface area (Å²) >= 11 is 0. The zero-order valence-electron chi connectivity index (χ0n) is 13.7. The number of pyridine rings is 2. The molecule has 3 rings (SSSR count). The number of aromatic nitrogens is 4. The lowest BCUT2D eigenvalue weighted by Gasteiger charge is -2.19. The fraction of sp³-hybridized carbons (Fsp3) is 0.294. The Hall–Kier alpha value is -2.83. The van der Waals surface area contributed by atoms with Crippen molar-refractivity contribution in [2.24, 2.45) is 0 Å². The maximum atomic E-state index is 13.2. The second-order valence-electron chi connectivity index (χ2n) is 6.40. The van der Waals surface area contributed by atoms with Crippen molar-refractivity contribution in [2.75, 3.05) is 0 Å². The van der Waals surface area contributed by atoms with Crippen molar-refractivity contribution >= 4 is 11.6 Å². The largest absolute Gasteiger partial charge is 0.460 e.